The summed E-state index contributed by atoms with van der Waals surface area (Å²) in [6.07, 6.45) is 3.24. The van der Waals surface area contributed by atoms with Crippen LogP contribution in [-0.4, -0.2) is 33.4 Å². The highest BCUT2D eigenvalue weighted by Crippen LogP contribution is 2.29. The van der Waals surface area contributed by atoms with E-state index in [1.165, 1.54) is 18.2 Å². The van der Waals surface area contributed by atoms with E-state index in [1.807, 2.05) is 0 Å². The van der Waals surface area contributed by atoms with Crippen molar-refractivity contribution in [2.24, 2.45) is 0 Å². The highest BCUT2D eigenvalue weighted by molar-refractivity contribution is 5.99. The summed E-state index contributed by atoms with van der Waals surface area (Å²) in [7, 11) is 0. The lowest BCUT2D eigenvalue weighted by molar-refractivity contribution is 0.0448. The topological polar surface area (TPSA) is 89.8 Å². The quantitative estimate of drug-likeness (QED) is 0.648. The summed E-state index contributed by atoms with van der Waals surface area (Å²) in [6.45, 7) is 0.138. The van der Waals surface area contributed by atoms with E-state index in [0.717, 1.165) is 12.8 Å². The first-order chi connectivity index (χ1) is 8.52. The van der Waals surface area contributed by atoms with Crippen molar-refractivity contribution in [1.29, 1.82) is 0 Å². The molecule has 2 rings (SSSR count). The molecule has 0 radical (unpaired) electrons. The predicted octanol–water partition coefficient (Wildman–Crippen LogP) is 1.13. The molecule has 5 nitrogen and oxygen atoms in total. The lowest BCUT2D eigenvalue weighted by Gasteiger charge is -2.22. The molecular weight excluding hydrogens is 234 g/mol. The fourth-order valence-electron chi connectivity index (χ4n) is 2.30. The maximum absolute atomic E-state index is 11.8. The maximum Gasteiger partial charge on any atom is 0.258 e. The van der Waals surface area contributed by atoms with Gasteiger partial charge in [-0.15, -0.1) is 0 Å². The van der Waals surface area contributed by atoms with Crippen molar-refractivity contribution >= 4 is 5.91 Å². The number of nitrogens with one attached hydrogen (secondary N) is 1. The third kappa shape index (κ3) is 2.56. The summed E-state index contributed by atoms with van der Waals surface area (Å²) < 4.78 is 0. The molecule has 0 aliphatic heterocycles. The molecule has 1 fully saturated rings. The minimum atomic E-state index is -0.852. The zero-order valence-electron chi connectivity index (χ0n) is 10.0. The number of carbonyl (C=O) groups is 1. The summed E-state index contributed by atoms with van der Waals surface area (Å²) in [5.41, 5.74) is -1.01. The maximum atomic E-state index is 11.8. The van der Waals surface area contributed by atoms with Gasteiger partial charge in [-0.05, 0) is 25.0 Å². The first-order valence-corrected chi connectivity index (χ1v) is 6.03. The SMILES string of the molecule is O=C(NCC1(O)CCCC1)c1c(O)cccc1O. The van der Waals surface area contributed by atoms with Gasteiger partial charge in [0, 0.05) is 6.54 Å². The Kier molecular flexibility index (Phi) is 3.43. The van der Waals surface area contributed by atoms with Crippen LogP contribution in [0, 0.1) is 0 Å². The zero-order valence-corrected chi connectivity index (χ0v) is 10.0. The largest absolute Gasteiger partial charge is 0.507 e. The summed E-state index contributed by atoms with van der Waals surface area (Å²) in [5.74, 6) is -1.12. The van der Waals surface area contributed by atoms with Gasteiger partial charge in [-0.3, -0.25) is 4.79 Å². The summed E-state index contributed by atoms with van der Waals surface area (Å²) in [5, 5.41) is 31.7. The third-order valence-electron chi connectivity index (χ3n) is 3.36. The van der Waals surface area contributed by atoms with Crippen molar-refractivity contribution in [2.45, 2.75) is 31.3 Å². The number of aromatic hydroxyl groups is 2. The molecule has 18 heavy (non-hydrogen) atoms. The normalized spacial score (nSPS) is 17.6. The second-order valence-electron chi connectivity index (χ2n) is 4.79. The molecule has 0 spiro atoms. The highest BCUT2D eigenvalue weighted by atomic mass is 16.3. The first kappa shape index (κ1) is 12.7. The minimum Gasteiger partial charge on any atom is -0.507 e. The van der Waals surface area contributed by atoms with Crippen molar-refractivity contribution in [3.63, 3.8) is 0 Å². The molecule has 0 saturated heterocycles. The molecule has 0 bridgehead atoms. The second-order valence-corrected chi connectivity index (χ2v) is 4.79. The summed E-state index contributed by atoms with van der Waals surface area (Å²) >= 11 is 0. The van der Waals surface area contributed by atoms with Crippen LogP contribution < -0.4 is 5.32 Å². The average Bonchev–Trinajstić information content (AvgIpc) is 2.74. The Morgan fingerprint density at radius 2 is 1.78 bits per heavy atom. The van der Waals surface area contributed by atoms with Gasteiger partial charge < -0.3 is 20.6 Å². The van der Waals surface area contributed by atoms with Crippen LogP contribution in [0.4, 0.5) is 0 Å². The van der Waals surface area contributed by atoms with Crippen LogP contribution in [0.5, 0.6) is 11.5 Å². The van der Waals surface area contributed by atoms with Gasteiger partial charge in [0.2, 0.25) is 0 Å². The lowest BCUT2D eigenvalue weighted by Crippen LogP contribution is -2.40. The van der Waals surface area contributed by atoms with E-state index in [4.69, 9.17) is 0 Å². The molecule has 0 unspecified atom stereocenters. The standard InChI is InChI=1S/C13H17NO4/c15-9-4-3-5-10(16)11(9)12(17)14-8-13(18)6-1-2-7-13/h3-5,15-16,18H,1-2,6-8H2,(H,14,17). The number of hydrogen-bond donors (Lipinski definition) is 4. The number of hydrogen-bond acceptors (Lipinski definition) is 4. The van der Waals surface area contributed by atoms with Gasteiger partial charge in [-0.2, -0.15) is 0 Å². The second kappa shape index (κ2) is 4.86. The predicted molar refractivity (Wildman–Crippen MR) is 65.5 cm³/mol. The molecule has 1 aliphatic rings. The van der Waals surface area contributed by atoms with Gasteiger partial charge in [0.25, 0.3) is 5.91 Å². The van der Waals surface area contributed by atoms with E-state index in [0.29, 0.717) is 12.8 Å². The molecule has 4 N–H and O–H groups in total. The van der Waals surface area contributed by atoms with Crippen molar-refractivity contribution < 1.29 is 20.1 Å². The molecule has 1 saturated carbocycles. The van der Waals surface area contributed by atoms with Crippen LogP contribution in [0.15, 0.2) is 18.2 Å². The van der Waals surface area contributed by atoms with E-state index in [1.54, 1.807) is 0 Å². The van der Waals surface area contributed by atoms with Gasteiger partial charge >= 0.3 is 0 Å². The molecule has 0 atom stereocenters. The van der Waals surface area contributed by atoms with Gasteiger partial charge in [0.1, 0.15) is 17.1 Å². The van der Waals surface area contributed by atoms with E-state index < -0.39 is 11.5 Å². The fourth-order valence-corrected chi connectivity index (χ4v) is 2.30. The molecule has 0 aromatic heterocycles. The summed E-state index contributed by atoms with van der Waals surface area (Å²) in [6, 6.07) is 4.11. The van der Waals surface area contributed by atoms with Crippen LogP contribution in [0.1, 0.15) is 36.0 Å². The molecule has 98 valence electrons. The summed E-state index contributed by atoms with van der Waals surface area (Å²) in [4.78, 5) is 11.8. The first-order valence-electron chi connectivity index (χ1n) is 6.03. The number of aliphatic hydroxyl groups is 1. The van der Waals surface area contributed by atoms with Crippen LogP contribution in [0.3, 0.4) is 0 Å². The van der Waals surface area contributed by atoms with Gasteiger partial charge in [-0.25, -0.2) is 0 Å². The number of rotatable bonds is 3. The number of carbonyl (C=O) groups excluding carboxylic acids is 1. The zero-order chi connectivity index (χ0) is 13.2. The smallest absolute Gasteiger partial charge is 0.258 e. The monoisotopic (exact) mass is 251 g/mol. The number of phenolic OH excluding ortho intramolecular Hbond substituents is 2. The number of benzene rings is 1. The van der Waals surface area contributed by atoms with Crippen LogP contribution >= 0.6 is 0 Å². The Labute approximate surface area is 105 Å². The van der Waals surface area contributed by atoms with E-state index >= 15 is 0 Å². The minimum absolute atomic E-state index is 0.138. The van der Waals surface area contributed by atoms with Crippen LogP contribution in [0.2, 0.25) is 0 Å². The molecule has 1 aliphatic carbocycles. The Bertz CT molecular complexity index is 432. The molecular formula is C13H17NO4. The lowest BCUT2D eigenvalue weighted by atomic mass is 10.0. The fraction of sp³-hybridized carbons (Fsp3) is 0.462. The molecule has 5 heteroatoms. The van der Waals surface area contributed by atoms with E-state index in [9.17, 15) is 20.1 Å². The molecule has 1 aromatic rings. The third-order valence-corrected chi connectivity index (χ3v) is 3.36. The van der Waals surface area contributed by atoms with Crippen molar-refractivity contribution in [3.8, 4) is 11.5 Å². The van der Waals surface area contributed by atoms with E-state index in [2.05, 4.69) is 5.32 Å². The Morgan fingerprint density at radius 1 is 1.22 bits per heavy atom. The number of amides is 1. The Morgan fingerprint density at radius 3 is 2.33 bits per heavy atom. The van der Waals surface area contributed by atoms with Crippen molar-refractivity contribution in [2.75, 3.05) is 6.54 Å². The van der Waals surface area contributed by atoms with Gasteiger partial charge in [0.15, 0.2) is 0 Å². The van der Waals surface area contributed by atoms with Crippen LogP contribution in [0.25, 0.3) is 0 Å². The molecule has 1 aromatic carbocycles. The van der Waals surface area contributed by atoms with Gasteiger partial charge in [-0.1, -0.05) is 18.9 Å². The highest BCUT2D eigenvalue weighted by Gasteiger charge is 2.31. The van der Waals surface area contributed by atoms with Crippen molar-refractivity contribution in [3.05, 3.63) is 23.8 Å². The molecule has 0 heterocycles. The van der Waals surface area contributed by atoms with Crippen LogP contribution in [-0.2, 0) is 0 Å². The van der Waals surface area contributed by atoms with E-state index in [-0.39, 0.29) is 23.6 Å². The van der Waals surface area contributed by atoms with Crippen molar-refractivity contribution in [1.82, 2.24) is 5.32 Å². The Balaban J connectivity index is 2.04. The Hall–Kier alpha value is -1.75. The van der Waals surface area contributed by atoms with Gasteiger partial charge in [0.05, 0.1) is 5.60 Å². The average molecular weight is 251 g/mol. The molecule has 1 amide bonds. The number of phenols is 2.